The van der Waals surface area contributed by atoms with Crippen LogP contribution in [0.5, 0.6) is 0 Å². The summed E-state index contributed by atoms with van der Waals surface area (Å²) in [6.07, 6.45) is -0.281. The lowest BCUT2D eigenvalue weighted by Crippen LogP contribution is -2.15. The third-order valence-corrected chi connectivity index (χ3v) is 1.07. The molecule has 11 heavy (non-hydrogen) atoms. The van der Waals surface area contributed by atoms with Crippen molar-refractivity contribution in [3.8, 4) is 0 Å². The number of aliphatic carboxylic acids is 1. The summed E-state index contributed by atoms with van der Waals surface area (Å²) in [5, 5.41) is 8.24. The Labute approximate surface area is 66.1 Å². The summed E-state index contributed by atoms with van der Waals surface area (Å²) >= 11 is 0. The molecule has 0 rings (SSSR count). The Balaban J connectivity index is 3.16. The van der Waals surface area contributed by atoms with Gasteiger partial charge in [0.2, 0.25) is 0 Å². The molecule has 0 spiro atoms. The van der Waals surface area contributed by atoms with E-state index in [1.807, 2.05) is 6.92 Å². The van der Waals surface area contributed by atoms with E-state index in [1.165, 1.54) is 0 Å². The first-order chi connectivity index (χ1) is 5.16. The molecule has 0 aromatic rings. The van der Waals surface area contributed by atoms with Crippen LogP contribution in [0.2, 0.25) is 0 Å². The van der Waals surface area contributed by atoms with Crippen LogP contribution in [-0.2, 0) is 14.3 Å². The predicted molar refractivity (Wildman–Crippen MR) is 39.3 cm³/mol. The van der Waals surface area contributed by atoms with Crippen LogP contribution in [0.4, 0.5) is 0 Å². The molecule has 0 aromatic heterocycles. The van der Waals surface area contributed by atoms with Gasteiger partial charge in [-0.3, -0.25) is 4.79 Å². The SMILES string of the molecule is CCOC(C)OCCC(=O)O. The zero-order chi connectivity index (χ0) is 8.69. The van der Waals surface area contributed by atoms with Crippen molar-refractivity contribution in [2.45, 2.75) is 26.6 Å². The van der Waals surface area contributed by atoms with E-state index in [2.05, 4.69) is 0 Å². The number of carboxylic acid groups (broad SMARTS) is 1. The van der Waals surface area contributed by atoms with E-state index in [0.29, 0.717) is 6.61 Å². The summed E-state index contributed by atoms with van der Waals surface area (Å²) in [4.78, 5) is 10.0. The van der Waals surface area contributed by atoms with Gasteiger partial charge in [0.15, 0.2) is 6.29 Å². The minimum atomic E-state index is -0.853. The molecule has 0 aliphatic heterocycles. The largest absolute Gasteiger partial charge is 0.481 e. The summed E-state index contributed by atoms with van der Waals surface area (Å²) < 4.78 is 10.00. The zero-order valence-corrected chi connectivity index (χ0v) is 6.87. The molecule has 0 saturated heterocycles. The standard InChI is InChI=1S/C7H14O4/c1-3-10-6(2)11-5-4-7(8)9/h6H,3-5H2,1-2H3,(H,8,9). The van der Waals surface area contributed by atoms with E-state index in [-0.39, 0.29) is 19.3 Å². The van der Waals surface area contributed by atoms with E-state index >= 15 is 0 Å². The molecule has 4 nitrogen and oxygen atoms in total. The lowest BCUT2D eigenvalue weighted by Gasteiger charge is -2.11. The summed E-state index contributed by atoms with van der Waals surface area (Å²) in [7, 11) is 0. The second-order valence-electron chi connectivity index (χ2n) is 2.04. The number of hydrogen-bond donors (Lipinski definition) is 1. The normalized spacial score (nSPS) is 12.9. The van der Waals surface area contributed by atoms with Crippen LogP contribution in [0.1, 0.15) is 20.3 Å². The van der Waals surface area contributed by atoms with E-state index in [4.69, 9.17) is 14.6 Å². The van der Waals surface area contributed by atoms with Crippen molar-refractivity contribution >= 4 is 5.97 Å². The highest BCUT2D eigenvalue weighted by Gasteiger charge is 2.01. The van der Waals surface area contributed by atoms with E-state index in [1.54, 1.807) is 6.92 Å². The fourth-order valence-electron chi connectivity index (χ4n) is 0.595. The highest BCUT2D eigenvalue weighted by Crippen LogP contribution is 1.93. The monoisotopic (exact) mass is 162 g/mol. The number of ether oxygens (including phenoxy) is 2. The molecule has 1 atom stereocenters. The maximum Gasteiger partial charge on any atom is 0.305 e. The van der Waals surface area contributed by atoms with Crippen LogP contribution >= 0.6 is 0 Å². The van der Waals surface area contributed by atoms with Crippen LogP contribution in [-0.4, -0.2) is 30.6 Å². The van der Waals surface area contributed by atoms with Gasteiger partial charge in [-0.15, -0.1) is 0 Å². The molecule has 66 valence electrons. The van der Waals surface area contributed by atoms with Crippen molar-refractivity contribution in [2.24, 2.45) is 0 Å². The third kappa shape index (κ3) is 7.29. The molecule has 0 aliphatic rings. The Morgan fingerprint density at radius 3 is 2.64 bits per heavy atom. The van der Waals surface area contributed by atoms with Crippen LogP contribution in [0, 0.1) is 0 Å². The Morgan fingerprint density at radius 2 is 2.18 bits per heavy atom. The van der Waals surface area contributed by atoms with Gasteiger partial charge in [0, 0.05) is 6.61 Å². The third-order valence-electron chi connectivity index (χ3n) is 1.07. The fraction of sp³-hybridized carbons (Fsp3) is 0.857. The van der Waals surface area contributed by atoms with Crippen molar-refractivity contribution in [1.29, 1.82) is 0 Å². The lowest BCUT2D eigenvalue weighted by atomic mass is 10.5. The van der Waals surface area contributed by atoms with Gasteiger partial charge >= 0.3 is 5.97 Å². The smallest absolute Gasteiger partial charge is 0.305 e. The fourth-order valence-corrected chi connectivity index (χ4v) is 0.595. The molecular formula is C7H14O4. The quantitative estimate of drug-likeness (QED) is 0.588. The van der Waals surface area contributed by atoms with Gasteiger partial charge in [-0.05, 0) is 13.8 Å². The van der Waals surface area contributed by atoms with Gasteiger partial charge in [-0.25, -0.2) is 0 Å². The number of hydrogen-bond acceptors (Lipinski definition) is 3. The highest BCUT2D eigenvalue weighted by molar-refractivity contribution is 5.66. The minimum Gasteiger partial charge on any atom is -0.481 e. The molecule has 0 heterocycles. The Morgan fingerprint density at radius 1 is 1.55 bits per heavy atom. The number of rotatable bonds is 6. The van der Waals surface area contributed by atoms with Crippen molar-refractivity contribution in [3.63, 3.8) is 0 Å². The molecule has 1 unspecified atom stereocenters. The van der Waals surface area contributed by atoms with E-state index in [0.717, 1.165) is 0 Å². The highest BCUT2D eigenvalue weighted by atomic mass is 16.7. The topological polar surface area (TPSA) is 55.8 Å². The molecule has 0 aromatic carbocycles. The maximum atomic E-state index is 10.0. The second kappa shape index (κ2) is 6.12. The second-order valence-corrected chi connectivity index (χ2v) is 2.04. The first-order valence-electron chi connectivity index (χ1n) is 3.61. The molecule has 0 radical (unpaired) electrons. The lowest BCUT2D eigenvalue weighted by molar-refractivity contribution is -0.147. The summed E-state index contributed by atoms with van der Waals surface area (Å²) in [5.74, 6) is -0.853. The number of carbonyl (C=O) groups is 1. The first-order valence-corrected chi connectivity index (χ1v) is 3.61. The molecular weight excluding hydrogens is 148 g/mol. The predicted octanol–water partition coefficient (Wildman–Crippen LogP) is 0.860. The van der Waals surface area contributed by atoms with Crippen LogP contribution in [0.3, 0.4) is 0 Å². The summed E-state index contributed by atoms with van der Waals surface area (Å²) in [6, 6.07) is 0. The summed E-state index contributed by atoms with van der Waals surface area (Å²) in [6.45, 7) is 4.38. The maximum absolute atomic E-state index is 10.0. The average molecular weight is 162 g/mol. The molecule has 0 fully saturated rings. The first kappa shape index (κ1) is 10.4. The van der Waals surface area contributed by atoms with Gasteiger partial charge in [-0.2, -0.15) is 0 Å². The van der Waals surface area contributed by atoms with Crippen molar-refractivity contribution in [1.82, 2.24) is 0 Å². The number of carboxylic acids is 1. The van der Waals surface area contributed by atoms with Crippen molar-refractivity contribution < 1.29 is 19.4 Å². The van der Waals surface area contributed by atoms with Crippen LogP contribution in [0.25, 0.3) is 0 Å². The zero-order valence-electron chi connectivity index (χ0n) is 6.87. The molecule has 0 saturated carbocycles. The molecule has 0 amide bonds. The molecule has 0 aliphatic carbocycles. The minimum absolute atomic E-state index is 0.0252. The Bertz CT molecular complexity index is 113. The van der Waals surface area contributed by atoms with Crippen molar-refractivity contribution in [2.75, 3.05) is 13.2 Å². The van der Waals surface area contributed by atoms with Crippen molar-refractivity contribution in [3.05, 3.63) is 0 Å². The molecule has 1 N–H and O–H groups in total. The van der Waals surface area contributed by atoms with Crippen LogP contribution in [0.15, 0.2) is 0 Å². The van der Waals surface area contributed by atoms with Crippen LogP contribution < -0.4 is 0 Å². The van der Waals surface area contributed by atoms with Gasteiger partial charge in [0.25, 0.3) is 0 Å². The van der Waals surface area contributed by atoms with Gasteiger partial charge < -0.3 is 14.6 Å². The Hall–Kier alpha value is -0.610. The Kier molecular flexibility index (Phi) is 5.78. The average Bonchev–Trinajstić information content (AvgIpc) is 1.87. The van der Waals surface area contributed by atoms with Gasteiger partial charge in [0.1, 0.15) is 0 Å². The van der Waals surface area contributed by atoms with E-state index < -0.39 is 5.97 Å². The van der Waals surface area contributed by atoms with Gasteiger partial charge in [0.05, 0.1) is 13.0 Å². The molecule has 0 bridgehead atoms. The van der Waals surface area contributed by atoms with E-state index in [9.17, 15) is 4.79 Å². The van der Waals surface area contributed by atoms with Gasteiger partial charge in [-0.1, -0.05) is 0 Å². The summed E-state index contributed by atoms with van der Waals surface area (Å²) in [5.41, 5.74) is 0. The molecule has 4 heteroatoms.